The summed E-state index contributed by atoms with van der Waals surface area (Å²) in [6, 6.07) is 6.85. The third kappa shape index (κ3) is 6.29. The van der Waals surface area contributed by atoms with Crippen LogP contribution in [0.2, 0.25) is 0 Å². The summed E-state index contributed by atoms with van der Waals surface area (Å²) in [5.41, 5.74) is 0.232. The van der Waals surface area contributed by atoms with Crippen LogP contribution in [0.3, 0.4) is 0 Å². The SMILES string of the molecule is CC(C)(C)NC(=O)C(=O)NCCCN1CCN(c2ccccc2F)CC1. The minimum Gasteiger partial charge on any atom is -0.367 e. The molecule has 2 rings (SSSR count). The summed E-state index contributed by atoms with van der Waals surface area (Å²) in [6.45, 7) is 10.1. The topological polar surface area (TPSA) is 64.7 Å². The number of hydrogen-bond acceptors (Lipinski definition) is 4. The molecule has 1 fully saturated rings. The van der Waals surface area contributed by atoms with Crippen LogP contribution in [0, 0.1) is 5.82 Å². The molecule has 0 atom stereocenters. The Kier molecular flexibility index (Phi) is 6.97. The molecular weight excluding hydrogens is 335 g/mol. The van der Waals surface area contributed by atoms with Gasteiger partial charge in [-0.1, -0.05) is 12.1 Å². The van der Waals surface area contributed by atoms with Crippen molar-refractivity contribution in [1.29, 1.82) is 0 Å². The van der Waals surface area contributed by atoms with Crippen molar-refractivity contribution in [3.8, 4) is 0 Å². The Morgan fingerprint density at radius 1 is 1.08 bits per heavy atom. The van der Waals surface area contributed by atoms with Crippen LogP contribution in [-0.2, 0) is 9.59 Å². The van der Waals surface area contributed by atoms with Crippen molar-refractivity contribution in [3.63, 3.8) is 0 Å². The van der Waals surface area contributed by atoms with Gasteiger partial charge in [0.2, 0.25) is 0 Å². The Balaban J connectivity index is 1.64. The maximum atomic E-state index is 13.8. The second-order valence-corrected chi connectivity index (χ2v) is 7.59. The van der Waals surface area contributed by atoms with E-state index < -0.39 is 17.4 Å². The van der Waals surface area contributed by atoms with E-state index in [0.717, 1.165) is 39.1 Å². The van der Waals surface area contributed by atoms with Gasteiger partial charge in [0.25, 0.3) is 0 Å². The molecule has 1 saturated heterocycles. The van der Waals surface area contributed by atoms with Gasteiger partial charge in [-0.3, -0.25) is 14.5 Å². The number of halogens is 1. The van der Waals surface area contributed by atoms with Gasteiger partial charge in [-0.15, -0.1) is 0 Å². The monoisotopic (exact) mass is 364 g/mol. The molecule has 0 aromatic heterocycles. The fraction of sp³-hybridized carbons (Fsp3) is 0.579. The van der Waals surface area contributed by atoms with Gasteiger partial charge < -0.3 is 15.5 Å². The quantitative estimate of drug-likeness (QED) is 0.612. The van der Waals surface area contributed by atoms with Crippen molar-refractivity contribution >= 4 is 17.5 Å². The molecule has 1 aliphatic heterocycles. The van der Waals surface area contributed by atoms with Crippen LogP contribution in [-0.4, -0.2) is 61.5 Å². The molecular formula is C19H29FN4O2. The first-order valence-electron chi connectivity index (χ1n) is 9.08. The third-order valence-corrected chi connectivity index (χ3v) is 4.20. The summed E-state index contributed by atoms with van der Waals surface area (Å²) in [5.74, 6) is -1.38. The second-order valence-electron chi connectivity index (χ2n) is 7.59. The first-order chi connectivity index (χ1) is 12.3. The Morgan fingerprint density at radius 2 is 1.73 bits per heavy atom. The summed E-state index contributed by atoms with van der Waals surface area (Å²) in [5, 5.41) is 5.29. The molecule has 0 unspecified atom stereocenters. The van der Waals surface area contributed by atoms with E-state index in [1.165, 1.54) is 6.07 Å². The number of carbonyl (C=O) groups excluding carboxylic acids is 2. The Morgan fingerprint density at radius 3 is 2.35 bits per heavy atom. The van der Waals surface area contributed by atoms with E-state index in [-0.39, 0.29) is 5.82 Å². The molecule has 0 aliphatic carbocycles. The highest BCUT2D eigenvalue weighted by Gasteiger charge is 2.21. The predicted octanol–water partition coefficient (Wildman–Crippen LogP) is 1.37. The lowest BCUT2D eigenvalue weighted by molar-refractivity contribution is -0.140. The third-order valence-electron chi connectivity index (χ3n) is 4.20. The van der Waals surface area contributed by atoms with Crippen LogP contribution in [0.5, 0.6) is 0 Å². The van der Waals surface area contributed by atoms with Crippen LogP contribution in [0.15, 0.2) is 24.3 Å². The number of anilines is 1. The van der Waals surface area contributed by atoms with E-state index in [4.69, 9.17) is 0 Å². The summed E-state index contributed by atoms with van der Waals surface area (Å²) in [4.78, 5) is 27.8. The maximum absolute atomic E-state index is 13.8. The largest absolute Gasteiger partial charge is 0.367 e. The molecule has 1 heterocycles. The van der Waals surface area contributed by atoms with Gasteiger partial charge in [-0.25, -0.2) is 4.39 Å². The molecule has 0 radical (unpaired) electrons. The maximum Gasteiger partial charge on any atom is 0.309 e. The zero-order valence-corrected chi connectivity index (χ0v) is 15.8. The predicted molar refractivity (Wildman–Crippen MR) is 101 cm³/mol. The normalized spacial score (nSPS) is 15.6. The van der Waals surface area contributed by atoms with E-state index in [0.29, 0.717) is 12.2 Å². The van der Waals surface area contributed by atoms with Crippen molar-refractivity contribution in [3.05, 3.63) is 30.1 Å². The van der Waals surface area contributed by atoms with Gasteiger partial charge >= 0.3 is 11.8 Å². The highest BCUT2D eigenvalue weighted by molar-refractivity contribution is 6.35. The highest BCUT2D eigenvalue weighted by Crippen LogP contribution is 2.20. The number of amides is 2. The first kappa shape index (κ1) is 20.2. The van der Waals surface area contributed by atoms with Crippen LogP contribution in [0.4, 0.5) is 10.1 Å². The standard InChI is InChI=1S/C19H29FN4O2/c1-19(2,3)22-18(26)17(25)21-9-6-10-23-11-13-24(14-12-23)16-8-5-4-7-15(16)20/h4-5,7-8H,6,9-14H2,1-3H3,(H,21,25)(H,22,26). The summed E-state index contributed by atoms with van der Waals surface area (Å²) in [6.07, 6.45) is 0.772. The Hall–Kier alpha value is -2.15. The number of para-hydroxylation sites is 1. The first-order valence-corrected chi connectivity index (χ1v) is 9.08. The van der Waals surface area contributed by atoms with Crippen molar-refractivity contribution < 1.29 is 14.0 Å². The minimum absolute atomic E-state index is 0.183. The number of benzene rings is 1. The summed E-state index contributed by atoms with van der Waals surface area (Å²) >= 11 is 0. The van der Waals surface area contributed by atoms with Gasteiger partial charge in [0, 0.05) is 38.3 Å². The van der Waals surface area contributed by atoms with Crippen LogP contribution >= 0.6 is 0 Å². The van der Waals surface area contributed by atoms with Gasteiger partial charge in [-0.2, -0.15) is 0 Å². The number of nitrogens with zero attached hydrogens (tertiary/aromatic N) is 2. The van der Waals surface area contributed by atoms with Crippen LogP contribution in [0.25, 0.3) is 0 Å². The van der Waals surface area contributed by atoms with E-state index in [9.17, 15) is 14.0 Å². The van der Waals surface area contributed by atoms with E-state index in [1.54, 1.807) is 6.07 Å². The van der Waals surface area contributed by atoms with Crippen LogP contribution in [0.1, 0.15) is 27.2 Å². The molecule has 0 saturated carbocycles. The van der Waals surface area contributed by atoms with Gasteiger partial charge in [-0.05, 0) is 45.9 Å². The van der Waals surface area contributed by atoms with Crippen LogP contribution < -0.4 is 15.5 Å². The lowest BCUT2D eigenvalue weighted by atomic mass is 10.1. The summed E-state index contributed by atoms with van der Waals surface area (Å²) < 4.78 is 13.8. The molecule has 1 aromatic carbocycles. The fourth-order valence-corrected chi connectivity index (χ4v) is 2.90. The van der Waals surface area contributed by atoms with Crippen molar-refractivity contribution in [2.75, 3.05) is 44.2 Å². The van der Waals surface area contributed by atoms with E-state index >= 15 is 0 Å². The van der Waals surface area contributed by atoms with Gasteiger partial charge in [0.15, 0.2) is 0 Å². The van der Waals surface area contributed by atoms with Gasteiger partial charge in [0.05, 0.1) is 5.69 Å². The zero-order chi connectivity index (χ0) is 19.2. The molecule has 0 spiro atoms. The second kappa shape index (κ2) is 8.98. The average molecular weight is 364 g/mol. The lowest BCUT2D eigenvalue weighted by Crippen LogP contribution is -2.49. The molecule has 6 nitrogen and oxygen atoms in total. The fourth-order valence-electron chi connectivity index (χ4n) is 2.90. The Labute approximate surface area is 154 Å². The smallest absolute Gasteiger partial charge is 0.309 e. The number of carbonyl (C=O) groups is 2. The van der Waals surface area contributed by atoms with E-state index in [1.807, 2.05) is 32.9 Å². The highest BCUT2D eigenvalue weighted by atomic mass is 19.1. The number of nitrogens with one attached hydrogen (secondary N) is 2. The number of rotatable bonds is 5. The van der Waals surface area contributed by atoms with Gasteiger partial charge in [0.1, 0.15) is 5.82 Å². The minimum atomic E-state index is -0.601. The molecule has 144 valence electrons. The molecule has 0 bridgehead atoms. The lowest BCUT2D eigenvalue weighted by Gasteiger charge is -2.36. The Bertz CT molecular complexity index is 622. The average Bonchev–Trinajstić information content (AvgIpc) is 2.58. The molecule has 26 heavy (non-hydrogen) atoms. The van der Waals surface area contributed by atoms with E-state index in [2.05, 4.69) is 20.4 Å². The van der Waals surface area contributed by atoms with Crippen molar-refractivity contribution in [2.24, 2.45) is 0 Å². The summed E-state index contributed by atoms with van der Waals surface area (Å²) in [7, 11) is 0. The molecule has 7 heteroatoms. The molecule has 1 aromatic rings. The molecule has 2 N–H and O–H groups in total. The molecule has 1 aliphatic rings. The number of piperazine rings is 1. The van der Waals surface area contributed by atoms with Crippen molar-refractivity contribution in [2.45, 2.75) is 32.7 Å². The molecule has 2 amide bonds. The van der Waals surface area contributed by atoms with Crippen molar-refractivity contribution in [1.82, 2.24) is 15.5 Å². The number of hydrogen-bond donors (Lipinski definition) is 2. The zero-order valence-electron chi connectivity index (χ0n) is 15.8.